The van der Waals surface area contributed by atoms with E-state index in [4.69, 9.17) is 9.47 Å². The maximum Gasteiger partial charge on any atom is 0.345 e. The van der Waals surface area contributed by atoms with E-state index >= 15 is 0 Å². The Balaban J connectivity index is 2.04. The van der Waals surface area contributed by atoms with Crippen molar-refractivity contribution in [2.75, 3.05) is 26.6 Å². The number of methoxy groups -OCH3 is 2. The van der Waals surface area contributed by atoms with Crippen molar-refractivity contribution < 1.29 is 22.7 Å². The van der Waals surface area contributed by atoms with Crippen LogP contribution < -0.4 is 14.8 Å². The van der Waals surface area contributed by atoms with Gasteiger partial charge in [-0.3, -0.25) is 4.79 Å². The quantitative estimate of drug-likeness (QED) is 0.809. The third-order valence-corrected chi connectivity index (χ3v) is 5.71. The topological polar surface area (TPSA) is 97.3 Å². The highest BCUT2D eigenvalue weighted by molar-refractivity contribution is 7.88. The molecule has 0 fully saturated rings. The van der Waals surface area contributed by atoms with E-state index in [1.165, 1.54) is 27.3 Å². The van der Waals surface area contributed by atoms with Crippen molar-refractivity contribution in [3.05, 3.63) is 65.4 Å². The average Bonchev–Trinajstić information content (AvgIpc) is 2.70. The van der Waals surface area contributed by atoms with Gasteiger partial charge in [0.2, 0.25) is 0 Å². The summed E-state index contributed by atoms with van der Waals surface area (Å²) in [4.78, 5) is 12.8. The maximum atomic E-state index is 12.8. The number of nitrogens with zero attached hydrogens (tertiary/aromatic N) is 2. The number of carbonyl (C=O) groups is 1. The van der Waals surface area contributed by atoms with Crippen LogP contribution in [0.4, 0.5) is 5.69 Å². The van der Waals surface area contributed by atoms with E-state index in [2.05, 4.69) is 9.71 Å². The number of carbonyl (C=O) groups excluding carboxylic acids is 1. The molecular weight excluding hydrogens is 394 g/mol. The molecule has 1 N–H and O–H groups in total. The summed E-state index contributed by atoms with van der Waals surface area (Å²) >= 11 is 0. The molecule has 0 unspecified atom stereocenters. The zero-order valence-electron chi connectivity index (χ0n) is 16.5. The summed E-state index contributed by atoms with van der Waals surface area (Å²) < 4.78 is 40.3. The summed E-state index contributed by atoms with van der Waals surface area (Å²) in [5, 5.41) is 2.71. The van der Waals surface area contributed by atoms with Crippen LogP contribution in [0.25, 0.3) is 0 Å². The van der Waals surface area contributed by atoms with Gasteiger partial charge in [-0.25, -0.2) is 4.31 Å². The molecule has 3 rings (SSSR count). The van der Waals surface area contributed by atoms with Gasteiger partial charge in [-0.15, -0.1) is 4.40 Å². The smallest absolute Gasteiger partial charge is 0.345 e. The zero-order chi connectivity index (χ0) is 21.2. The van der Waals surface area contributed by atoms with Crippen molar-refractivity contribution in [2.45, 2.75) is 6.92 Å². The average molecular weight is 415 g/mol. The molecule has 0 saturated carbocycles. The Kier molecular flexibility index (Phi) is 5.60. The molecular formula is C20H21N3O5S. The first kappa shape index (κ1) is 20.4. The van der Waals surface area contributed by atoms with Gasteiger partial charge in [0, 0.05) is 18.3 Å². The van der Waals surface area contributed by atoms with E-state index in [1.807, 2.05) is 19.1 Å². The number of rotatable bonds is 5. The van der Waals surface area contributed by atoms with Gasteiger partial charge < -0.3 is 14.8 Å². The minimum absolute atomic E-state index is 0.0690. The molecule has 0 saturated heterocycles. The zero-order valence-corrected chi connectivity index (χ0v) is 17.3. The summed E-state index contributed by atoms with van der Waals surface area (Å²) in [6.45, 7) is 1.93. The number of nitrogens with one attached hydrogen (secondary N) is 1. The van der Waals surface area contributed by atoms with E-state index in [9.17, 15) is 13.2 Å². The first-order valence-corrected chi connectivity index (χ1v) is 10.1. The molecule has 0 spiro atoms. The molecule has 1 aliphatic rings. The van der Waals surface area contributed by atoms with Crippen LogP contribution in [0.15, 0.2) is 58.6 Å². The lowest BCUT2D eigenvalue weighted by Gasteiger charge is -2.24. The highest BCUT2D eigenvalue weighted by Crippen LogP contribution is 2.29. The number of aryl methyl sites for hydroxylation is 1. The van der Waals surface area contributed by atoms with E-state index in [0.717, 1.165) is 9.87 Å². The Morgan fingerprint density at radius 2 is 1.76 bits per heavy atom. The summed E-state index contributed by atoms with van der Waals surface area (Å²) in [5.74, 6) is 0.326. The van der Waals surface area contributed by atoms with Gasteiger partial charge in [0.25, 0.3) is 5.91 Å². The van der Waals surface area contributed by atoms with Gasteiger partial charge in [0.15, 0.2) is 0 Å². The monoisotopic (exact) mass is 415 g/mol. The predicted octanol–water partition coefficient (Wildman–Crippen LogP) is 2.51. The highest BCUT2D eigenvalue weighted by atomic mass is 32.2. The molecule has 1 heterocycles. The summed E-state index contributed by atoms with van der Waals surface area (Å²) in [7, 11) is 0.134. The normalized spacial score (nSPS) is 15.2. The number of hydrogen-bond acceptors (Lipinski definition) is 5. The minimum Gasteiger partial charge on any atom is -0.497 e. The van der Waals surface area contributed by atoms with Crippen molar-refractivity contribution in [3.63, 3.8) is 0 Å². The van der Waals surface area contributed by atoms with E-state index in [0.29, 0.717) is 22.7 Å². The molecule has 0 bridgehead atoms. The Morgan fingerprint density at radius 1 is 1.07 bits per heavy atom. The number of ether oxygens (including phenoxy) is 2. The van der Waals surface area contributed by atoms with Crippen LogP contribution in [0.3, 0.4) is 0 Å². The van der Waals surface area contributed by atoms with Gasteiger partial charge in [-0.2, -0.15) is 8.42 Å². The summed E-state index contributed by atoms with van der Waals surface area (Å²) in [5.41, 5.74) is 1.99. The van der Waals surface area contributed by atoms with Crippen molar-refractivity contribution in [1.82, 2.24) is 4.31 Å². The van der Waals surface area contributed by atoms with Crippen molar-refractivity contribution in [2.24, 2.45) is 4.40 Å². The number of hydrogen-bond donors (Lipinski definition) is 1. The van der Waals surface area contributed by atoms with Crippen molar-refractivity contribution in [1.29, 1.82) is 0 Å². The molecule has 2 aromatic rings. The van der Waals surface area contributed by atoms with E-state index in [1.54, 1.807) is 30.3 Å². The number of benzene rings is 2. The first-order valence-electron chi connectivity index (χ1n) is 8.66. The lowest BCUT2D eigenvalue weighted by molar-refractivity contribution is -0.113. The Labute approximate surface area is 169 Å². The van der Waals surface area contributed by atoms with Crippen LogP contribution in [0.2, 0.25) is 0 Å². The fourth-order valence-corrected chi connectivity index (χ4v) is 3.64. The third-order valence-electron chi connectivity index (χ3n) is 4.40. The lowest BCUT2D eigenvalue weighted by Crippen LogP contribution is -2.35. The SMILES string of the molecule is COc1ccc(OC)c(C2=NS(=O)(=O)N(C)C(C(=O)Nc3ccc(C)cc3)=C2)c1. The fraction of sp³-hybridized carbons (Fsp3) is 0.200. The van der Waals surface area contributed by atoms with Crippen LogP contribution in [-0.2, 0) is 15.0 Å². The van der Waals surface area contributed by atoms with Gasteiger partial charge >= 0.3 is 10.2 Å². The summed E-state index contributed by atoms with van der Waals surface area (Å²) in [6.07, 6.45) is 1.40. The summed E-state index contributed by atoms with van der Waals surface area (Å²) in [6, 6.07) is 12.1. The molecule has 9 heteroatoms. The molecule has 0 atom stereocenters. The van der Waals surface area contributed by atoms with Crippen LogP contribution >= 0.6 is 0 Å². The van der Waals surface area contributed by atoms with Crippen molar-refractivity contribution in [3.8, 4) is 11.5 Å². The molecule has 0 aromatic heterocycles. The van der Waals surface area contributed by atoms with Gasteiger partial charge in [0.1, 0.15) is 17.2 Å². The molecule has 0 aliphatic carbocycles. The first-order chi connectivity index (χ1) is 13.7. The van der Waals surface area contributed by atoms with E-state index < -0.39 is 16.1 Å². The van der Waals surface area contributed by atoms with Gasteiger partial charge in [0.05, 0.1) is 19.9 Å². The molecule has 29 heavy (non-hydrogen) atoms. The second-order valence-corrected chi connectivity index (χ2v) is 7.96. The number of likely N-dealkylation sites (N-methyl/N-ethyl adjacent to an activating group) is 1. The number of amides is 1. The molecule has 0 radical (unpaired) electrons. The van der Waals surface area contributed by atoms with Gasteiger partial charge in [-0.1, -0.05) is 17.7 Å². The Bertz CT molecular complexity index is 1110. The maximum absolute atomic E-state index is 12.8. The van der Waals surface area contributed by atoms with Gasteiger partial charge in [-0.05, 0) is 43.3 Å². The second-order valence-electron chi connectivity index (χ2n) is 6.34. The van der Waals surface area contributed by atoms with Crippen molar-refractivity contribution >= 4 is 27.5 Å². The molecule has 1 amide bonds. The standard InChI is InChI=1S/C20H21N3O5S/c1-13-5-7-14(8-6-13)21-20(24)18-12-17(22-29(25,26)23(18)2)16-11-15(27-3)9-10-19(16)28-4/h5-12H,1-4H3,(H,21,24). The Hall–Kier alpha value is -3.33. The van der Waals surface area contributed by atoms with Crippen LogP contribution in [0.1, 0.15) is 11.1 Å². The van der Waals surface area contributed by atoms with Crippen LogP contribution in [0, 0.1) is 6.92 Å². The predicted molar refractivity (Wildman–Crippen MR) is 111 cm³/mol. The van der Waals surface area contributed by atoms with E-state index in [-0.39, 0.29) is 11.4 Å². The number of anilines is 1. The highest BCUT2D eigenvalue weighted by Gasteiger charge is 2.31. The van der Waals surface area contributed by atoms with Crippen LogP contribution in [0.5, 0.6) is 11.5 Å². The minimum atomic E-state index is -4.10. The lowest BCUT2D eigenvalue weighted by atomic mass is 10.1. The number of allylic oxidation sites excluding steroid dienone is 1. The molecule has 2 aromatic carbocycles. The molecule has 152 valence electrons. The largest absolute Gasteiger partial charge is 0.497 e. The van der Waals surface area contributed by atoms with Crippen LogP contribution in [-0.4, -0.2) is 45.6 Å². The molecule has 8 nitrogen and oxygen atoms in total. The third kappa shape index (κ3) is 4.24. The Morgan fingerprint density at radius 3 is 2.38 bits per heavy atom. The second kappa shape index (κ2) is 7.96. The molecule has 1 aliphatic heterocycles. The fourth-order valence-electron chi connectivity index (χ4n) is 2.74.